The van der Waals surface area contributed by atoms with Crippen LogP contribution in [-0.2, 0) is 4.43 Å². The molecule has 0 unspecified atom stereocenters. The predicted molar refractivity (Wildman–Crippen MR) is 104 cm³/mol. The van der Waals surface area contributed by atoms with Crippen molar-refractivity contribution in [2.24, 2.45) is 0 Å². The Hall–Kier alpha value is -2.11. The Morgan fingerprint density at radius 2 is 1.12 bits per heavy atom. The lowest BCUT2D eigenvalue weighted by molar-refractivity contribution is -0.213. The molecule has 0 radical (unpaired) electrons. The van der Waals surface area contributed by atoms with E-state index in [1.165, 1.54) is 12.2 Å². The topological polar surface area (TPSA) is 9.23 Å². The van der Waals surface area contributed by atoms with E-state index < -0.39 is 20.1 Å². The van der Waals surface area contributed by atoms with Crippen LogP contribution in [0.3, 0.4) is 0 Å². The minimum absolute atomic E-state index is 0.688. The second-order valence-electron chi connectivity index (χ2n) is 6.99. The molecule has 2 rings (SSSR count). The summed E-state index contributed by atoms with van der Waals surface area (Å²) in [7, 11) is -2.50. The average Bonchev–Trinajstić information content (AvgIpc) is 2.57. The molecule has 138 valence electrons. The summed E-state index contributed by atoms with van der Waals surface area (Å²) in [5.41, 5.74) is -1.09. The van der Waals surface area contributed by atoms with Crippen molar-refractivity contribution in [2.75, 3.05) is 0 Å². The van der Waals surface area contributed by atoms with Crippen LogP contribution in [0, 0.1) is 0 Å². The van der Waals surface area contributed by atoms with E-state index >= 15 is 0 Å². The van der Waals surface area contributed by atoms with Gasteiger partial charge in [-0.25, -0.2) is 0 Å². The third-order valence-electron chi connectivity index (χ3n) is 3.56. The van der Waals surface area contributed by atoms with Crippen molar-refractivity contribution in [1.29, 1.82) is 0 Å². The first-order valence-corrected chi connectivity index (χ1v) is 11.8. The summed E-state index contributed by atoms with van der Waals surface area (Å²) in [5, 5.41) is 0. The first kappa shape index (κ1) is 20.2. The van der Waals surface area contributed by atoms with E-state index in [2.05, 4.69) is 0 Å². The van der Waals surface area contributed by atoms with Crippen LogP contribution >= 0.6 is 0 Å². The zero-order valence-corrected chi connectivity index (χ0v) is 16.1. The summed E-state index contributed by atoms with van der Waals surface area (Å²) in [6.07, 6.45) is 0.565. The Balaban J connectivity index is 2.49. The maximum absolute atomic E-state index is 14.1. The van der Waals surface area contributed by atoms with Crippen molar-refractivity contribution in [3.8, 4) is 0 Å². The molecule has 2 aromatic rings. The zero-order valence-electron chi connectivity index (χ0n) is 15.1. The van der Waals surface area contributed by atoms with Gasteiger partial charge < -0.3 is 4.43 Å². The number of rotatable bonds is 6. The summed E-state index contributed by atoms with van der Waals surface area (Å²) in [6.45, 7) is 5.25. The van der Waals surface area contributed by atoms with Crippen LogP contribution in [-0.4, -0.2) is 20.1 Å². The molecule has 0 spiro atoms. The van der Waals surface area contributed by atoms with Crippen molar-refractivity contribution in [3.05, 3.63) is 83.9 Å². The fourth-order valence-electron chi connectivity index (χ4n) is 2.45. The maximum atomic E-state index is 14.1. The molecule has 0 aromatic heterocycles. The number of benzene rings is 2. The minimum Gasteiger partial charge on any atom is -0.398 e. The number of hydrogen-bond acceptors (Lipinski definition) is 1. The smallest absolute Gasteiger partial charge is 0.398 e. The van der Waals surface area contributed by atoms with Crippen molar-refractivity contribution in [1.82, 2.24) is 0 Å². The second-order valence-corrected chi connectivity index (χ2v) is 11.4. The Kier molecular flexibility index (Phi) is 6.26. The first-order valence-electron chi connectivity index (χ1n) is 8.37. The van der Waals surface area contributed by atoms with Gasteiger partial charge >= 0.3 is 6.18 Å². The van der Waals surface area contributed by atoms with E-state index in [1.807, 2.05) is 12.1 Å². The van der Waals surface area contributed by atoms with Gasteiger partial charge in [-0.2, -0.15) is 13.2 Å². The van der Waals surface area contributed by atoms with Crippen molar-refractivity contribution < 1.29 is 17.6 Å². The Morgan fingerprint density at radius 1 is 0.731 bits per heavy atom. The standard InChI is InChI=1S/C21H23F3OSi/c1-26(2,3)25-20(21(22,23)24,16-14-18-10-6-4-7-11-18)17-15-19-12-8-5-9-13-19/h4-17H,1-3H3/b16-14+,17-15+. The molecule has 0 aliphatic rings. The van der Waals surface area contributed by atoms with Crippen LogP contribution in [0.15, 0.2) is 72.8 Å². The molecule has 0 saturated heterocycles. The Morgan fingerprint density at radius 3 is 1.42 bits per heavy atom. The summed E-state index contributed by atoms with van der Waals surface area (Å²) in [5.74, 6) is 0. The molecule has 0 aliphatic carbocycles. The summed E-state index contributed by atoms with van der Waals surface area (Å²) in [4.78, 5) is 0. The molecular formula is C21H23F3OSi. The molecule has 26 heavy (non-hydrogen) atoms. The fraction of sp³-hybridized carbons (Fsp3) is 0.238. The van der Waals surface area contributed by atoms with E-state index in [1.54, 1.807) is 68.2 Å². The molecule has 0 atom stereocenters. The van der Waals surface area contributed by atoms with Crippen molar-refractivity contribution >= 4 is 20.5 Å². The predicted octanol–water partition coefficient (Wildman–Crippen LogP) is 6.57. The van der Waals surface area contributed by atoms with E-state index in [0.717, 1.165) is 12.2 Å². The molecule has 2 aromatic carbocycles. The van der Waals surface area contributed by atoms with Crippen LogP contribution in [0.4, 0.5) is 13.2 Å². The fourth-order valence-corrected chi connectivity index (χ4v) is 3.71. The van der Waals surface area contributed by atoms with Crippen molar-refractivity contribution in [3.63, 3.8) is 0 Å². The van der Waals surface area contributed by atoms with E-state index in [9.17, 15) is 13.2 Å². The third-order valence-corrected chi connectivity index (χ3v) is 4.51. The molecule has 0 heterocycles. The molecule has 0 bridgehead atoms. The van der Waals surface area contributed by atoms with Gasteiger partial charge in [-0.05, 0) is 42.9 Å². The zero-order chi connectivity index (χ0) is 19.3. The normalized spacial score (nSPS) is 13.6. The van der Waals surface area contributed by atoms with E-state index in [-0.39, 0.29) is 0 Å². The first-order chi connectivity index (χ1) is 12.1. The minimum atomic E-state index is -4.58. The van der Waals surface area contributed by atoms with Gasteiger partial charge in [0, 0.05) is 0 Å². The average molecular weight is 376 g/mol. The van der Waals surface area contributed by atoms with Gasteiger partial charge in [0.15, 0.2) is 13.9 Å². The second kappa shape index (κ2) is 8.06. The highest BCUT2D eigenvalue weighted by molar-refractivity contribution is 6.69. The molecule has 0 aliphatic heterocycles. The third kappa shape index (κ3) is 5.71. The molecule has 0 fully saturated rings. The molecule has 1 nitrogen and oxygen atoms in total. The van der Waals surface area contributed by atoms with Crippen LogP contribution < -0.4 is 0 Å². The largest absolute Gasteiger partial charge is 0.423 e. The number of halogens is 3. The highest BCUT2D eigenvalue weighted by atomic mass is 28.4. The van der Waals surface area contributed by atoms with Gasteiger partial charge in [0.05, 0.1) is 0 Å². The summed E-state index contributed by atoms with van der Waals surface area (Å²) < 4.78 is 48.0. The Bertz CT molecular complexity index is 695. The quantitative estimate of drug-likeness (QED) is 0.518. The van der Waals surface area contributed by atoms with Gasteiger partial charge in [-0.15, -0.1) is 0 Å². The highest BCUT2D eigenvalue weighted by Gasteiger charge is 2.54. The lowest BCUT2D eigenvalue weighted by Crippen LogP contribution is -2.50. The van der Waals surface area contributed by atoms with Crippen LogP contribution in [0.2, 0.25) is 19.6 Å². The van der Waals surface area contributed by atoms with Crippen LogP contribution in [0.25, 0.3) is 12.2 Å². The van der Waals surface area contributed by atoms with Gasteiger partial charge in [0.2, 0.25) is 0 Å². The molecule has 0 saturated carbocycles. The number of hydrogen-bond donors (Lipinski definition) is 0. The highest BCUT2D eigenvalue weighted by Crippen LogP contribution is 2.39. The van der Waals surface area contributed by atoms with Gasteiger partial charge in [-0.1, -0.05) is 72.8 Å². The van der Waals surface area contributed by atoms with E-state index in [4.69, 9.17) is 4.43 Å². The lowest BCUT2D eigenvalue weighted by Gasteiger charge is -2.36. The summed E-state index contributed by atoms with van der Waals surface area (Å²) in [6, 6.07) is 17.8. The maximum Gasteiger partial charge on any atom is 0.423 e. The SMILES string of the molecule is C[Si](C)(C)OC(/C=C/c1ccccc1)(/C=C/c1ccccc1)C(F)(F)F. The molecule has 0 N–H and O–H groups in total. The molecule has 5 heteroatoms. The van der Waals surface area contributed by atoms with Gasteiger partial charge in [0.25, 0.3) is 0 Å². The van der Waals surface area contributed by atoms with Gasteiger partial charge in [0.1, 0.15) is 0 Å². The molecular weight excluding hydrogens is 353 g/mol. The summed E-state index contributed by atoms with van der Waals surface area (Å²) >= 11 is 0. The van der Waals surface area contributed by atoms with Crippen molar-refractivity contribution in [2.45, 2.75) is 31.4 Å². The van der Waals surface area contributed by atoms with Crippen LogP contribution in [0.1, 0.15) is 11.1 Å². The molecule has 0 amide bonds. The Labute approximate surface area is 154 Å². The lowest BCUT2D eigenvalue weighted by atomic mass is 9.99. The number of alkyl halides is 3. The van der Waals surface area contributed by atoms with Gasteiger partial charge in [-0.3, -0.25) is 0 Å². The van der Waals surface area contributed by atoms with E-state index in [0.29, 0.717) is 11.1 Å². The monoisotopic (exact) mass is 376 g/mol. The van der Waals surface area contributed by atoms with Crippen LogP contribution in [0.5, 0.6) is 0 Å².